The van der Waals surface area contributed by atoms with Crippen LogP contribution in [0.2, 0.25) is 0 Å². The molecule has 1 aliphatic heterocycles. The Morgan fingerprint density at radius 3 is 2.56 bits per heavy atom. The molecule has 0 radical (unpaired) electrons. The molecule has 1 N–H and O–H groups in total. The average Bonchev–Trinajstić information content (AvgIpc) is 2.47. The Labute approximate surface area is 95.4 Å². The summed E-state index contributed by atoms with van der Waals surface area (Å²) in [6.45, 7) is 5.98. The lowest BCUT2D eigenvalue weighted by Gasteiger charge is -2.26. The fourth-order valence-corrected chi connectivity index (χ4v) is 1.83. The van der Waals surface area contributed by atoms with Gasteiger partial charge in [0.05, 0.1) is 6.54 Å². The van der Waals surface area contributed by atoms with Gasteiger partial charge in [-0.25, -0.2) is 0 Å². The van der Waals surface area contributed by atoms with Gasteiger partial charge >= 0.3 is 11.9 Å². The van der Waals surface area contributed by atoms with Crippen molar-refractivity contribution in [3.8, 4) is 0 Å². The van der Waals surface area contributed by atoms with E-state index in [4.69, 9.17) is 9.84 Å². The Hall–Kier alpha value is -1.10. The van der Waals surface area contributed by atoms with E-state index < -0.39 is 17.6 Å². The lowest BCUT2D eigenvalue weighted by Crippen LogP contribution is -2.42. The van der Waals surface area contributed by atoms with E-state index in [1.165, 1.54) is 0 Å². The third kappa shape index (κ3) is 3.81. The molecule has 1 heterocycles. The number of rotatable bonds is 3. The first-order chi connectivity index (χ1) is 7.29. The van der Waals surface area contributed by atoms with Crippen LogP contribution in [0, 0.1) is 0 Å². The second kappa shape index (κ2) is 4.82. The summed E-state index contributed by atoms with van der Waals surface area (Å²) in [5, 5.41) is 8.71. The molecule has 0 aromatic heterocycles. The monoisotopic (exact) mass is 229 g/mol. The largest absolute Gasteiger partial charge is 0.480 e. The summed E-state index contributed by atoms with van der Waals surface area (Å²) in [6.07, 6.45) is 1.53. The number of carbonyl (C=O) groups is 2. The maximum Gasteiger partial charge on any atom is 0.323 e. The zero-order valence-corrected chi connectivity index (χ0v) is 10.0. The van der Waals surface area contributed by atoms with Gasteiger partial charge in [-0.2, -0.15) is 0 Å². The molecule has 1 atom stereocenters. The van der Waals surface area contributed by atoms with Gasteiger partial charge in [0.15, 0.2) is 0 Å². The molecule has 1 fully saturated rings. The molecule has 0 aliphatic carbocycles. The summed E-state index contributed by atoms with van der Waals surface area (Å²) in [4.78, 5) is 24.1. The van der Waals surface area contributed by atoms with Crippen LogP contribution in [0.25, 0.3) is 0 Å². The maximum absolute atomic E-state index is 11.8. The minimum absolute atomic E-state index is 0.0933. The zero-order chi connectivity index (χ0) is 12.3. The van der Waals surface area contributed by atoms with Crippen molar-refractivity contribution in [3.05, 3.63) is 0 Å². The highest BCUT2D eigenvalue weighted by Crippen LogP contribution is 2.20. The summed E-state index contributed by atoms with van der Waals surface area (Å²) >= 11 is 0. The lowest BCUT2D eigenvalue weighted by atomic mass is 10.1. The summed E-state index contributed by atoms with van der Waals surface area (Å²) in [5.41, 5.74) is -0.519. The SMILES string of the molecule is CC(C)(C)OC(=O)C1CCCN1CC(=O)O. The fourth-order valence-electron chi connectivity index (χ4n) is 1.83. The summed E-state index contributed by atoms with van der Waals surface area (Å²) in [7, 11) is 0. The number of likely N-dealkylation sites (tertiary alicyclic amines) is 1. The van der Waals surface area contributed by atoms with Crippen LogP contribution in [0.3, 0.4) is 0 Å². The van der Waals surface area contributed by atoms with Crippen LogP contribution in [0.15, 0.2) is 0 Å². The van der Waals surface area contributed by atoms with Gasteiger partial charge in [-0.1, -0.05) is 0 Å². The Bertz CT molecular complexity index is 282. The number of carboxylic acids is 1. The van der Waals surface area contributed by atoms with E-state index in [9.17, 15) is 9.59 Å². The van der Waals surface area contributed by atoms with Crippen LogP contribution in [-0.2, 0) is 14.3 Å². The quantitative estimate of drug-likeness (QED) is 0.727. The minimum atomic E-state index is -0.907. The molecule has 5 heteroatoms. The number of nitrogens with zero attached hydrogens (tertiary/aromatic N) is 1. The normalized spacial score (nSPS) is 22.1. The van der Waals surface area contributed by atoms with E-state index in [1.54, 1.807) is 25.7 Å². The van der Waals surface area contributed by atoms with E-state index >= 15 is 0 Å². The van der Waals surface area contributed by atoms with E-state index in [-0.39, 0.29) is 12.5 Å². The van der Waals surface area contributed by atoms with Crippen molar-refractivity contribution in [2.75, 3.05) is 13.1 Å². The number of hydrogen-bond acceptors (Lipinski definition) is 4. The van der Waals surface area contributed by atoms with E-state index in [0.717, 1.165) is 6.42 Å². The van der Waals surface area contributed by atoms with E-state index in [2.05, 4.69) is 0 Å². The third-order valence-electron chi connectivity index (χ3n) is 2.38. The number of carboxylic acid groups (broad SMARTS) is 1. The van der Waals surface area contributed by atoms with Gasteiger partial charge in [0.2, 0.25) is 0 Å². The average molecular weight is 229 g/mol. The second-order valence-corrected chi connectivity index (χ2v) is 5.06. The Kier molecular flexibility index (Phi) is 3.91. The predicted molar refractivity (Wildman–Crippen MR) is 58.1 cm³/mol. The first-order valence-corrected chi connectivity index (χ1v) is 5.48. The molecule has 0 bridgehead atoms. The summed E-state index contributed by atoms with van der Waals surface area (Å²) < 4.78 is 5.26. The van der Waals surface area contributed by atoms with Crippen LogP contribution in [0.5, 0.6) is 0 Å². The molecule has 0 spiro atoms. The van der Waals surface area contributed by atoms with Crippen molar-refractivity contribution in [2.45, 2.75) is 45.3 Å². The maximum atomic E-state index is 11.8. The van der Waals surface area contributed by atoms with Crippen LogP contribution in [0.1, 0.15) is 33.6 Å². The van der Waals surface area contributed by atoms with Gasteiger partial charge in [-0.3, -0.25) is 14.5 Å². The molecule has 1 unspecified atom stereocenters. The van der Waals surface area contributed by atoms with Gasteiger partial charge in [-0.15, -0.1) is 0 Å². The lowest BCUT2D eigenvalue weighted by molar-refractivity contribution is -0.160. The molecule has 16 heavy (non-hydrogen) atoms. The van der Waals surface area contributed by atoms with Crippen molar-refractivity contribution < 1.29 is 19.4 Å². The number of aliphatic carboxylic acids is 1. The number of carbonyl (C=O) groups excluding carboxylic acids is 1. The van der Waals surface area contributed by atoms with Gasteiger partial charge in [0.1, 0.15) is 11.6 Å². The van der Waals surface area contributed by atoms with Crippen molar-refractivity contribution in [1.29, 1.82) is 0 Å². The molecule has 1 saturated heterocycles. The van der Waals surface area contributed by atoms with Gasteiger partial charge < -0.3 is 9.84 Å². The van der Waals surface area contributed by atoms with E-state index in [1.807, 2.05) is 0 Å². The van der Waals surface area contributed by atoms with Crippen molar-refractivity contribution >= 4 is 11.9 Å². The van der Waals surface area contributed by atoms with Crippen molar-refractivity contribution in [2.24, 2.45) is 0 Å². The highest BCUT2D eigenvalue weighted by molar-refractivity contribution is 5.78. The van der Waals surface area contributed by atoms with Crippen molar-refractivity contribution in [3.63, 3.8) is 0 Å². The van der Waals surface area contributed by atoms with Crippen molar-refractivity contribution in [1.82, 2.24) is 4.90 Å². The van der Waals surface area contributed by atoms with E-state index in [0.29, 0.717) is 13.0 Å². The smallest absolute Gasteiger partial charge is 0.323 e. The first kappa shape index (κ1) is 13.0. The van der Waals surface area contributed by atoms with Crippen LogP contribution in [-0.4, -0.2) is 46.7 Å². The van der Waals surface area contributed by atoms with Gasteiger partial charge in [0, 0.05) is 0 Å². The highest BCUT2D eigenvalue weighted by Gasteiger charge is 2.34. The minimum Gasteiger partial charge on any atom is -0.480 e. The second-order valence-electron chi connectivity index (χ2n) is 5.06. The molecule has 0 amide bonds. The molecular formula is C11H19NO4. The molecule has 0 aromatic rings. The fraction of sp³-hybridized carbons (Fsp3) is 0.818. The first-order valence-electron chi connectivity index (χ1n) is 5.48. The molecule has 0 aromatic carbocycles. The number of esters is 1. The molecule has 1 aliphatic rings. The molecule has 0 saturated carbocycles. The zero-order valence-electron chi connectivity index (χ0n) is 10.0. The topological polar surface area (TPSA) is 66.8 Å². The molecule has 1 rings (SSSR count). The molecule has 92 valence electrons. The number of ether oxygens (including phenoxy) is 1. The Balaban J connectivity index is 2.57. The Morgan fingerprint density at radius 1 is 1.44 bits per heavy atom. The highest BCUT2D eigenvalue weighted by atomic mass is 16.6. The van der Waals surface area contributed by atoms with Gasteiger partial charge in [-0.05, 0) is 40.2 Å². The summed E-state index contributed by atoms with van der Waals surface area (Å²) in [6, 6.07) is -0.393. The molecular weight excluding hydrogens is 210 g/mol. The molecule has 5 nitrogen and oxygen atoms in total. The van der Waals surface area contributed by atoms with Crippen LogP contribution < -0.4 is 0 Å². The predicted octanol–water partition coefficient (Wildman–Crippen LogP) is 0.877. The van der Waals surface area contributed by atoms with Crippen LogP contribution >= 0.6 is 0 Å². The number of hydrogen-bond donors (Lipinski definition) is 1. The standard InChI is InChI=1S/C11H19NO4/c1-11(2,3)16-10(15)8-5-4-6-12(8)7-9(13)14/h8H,4-7H2,1-3H3,(H,13,14). The third-order valence-corrected chi connectivity index (χ3v) is 2.38. The van der Waals surface area contributed by atoms with Gasteiger partial charge in [0.25, 0.3) is 0 Å². The Morgan fingerprint density at radius 2 is 2.06 bits per heavy atom. The summed E-state index contributed by atoms with van der Waals surface area (Å²) in [5.74, 6) is -1.22. The van der Waals surface area contributed by atoms with Crippen LogP contribution in [0.4, 0.5) is 0 Å².